The Kier molecular flexibility index (Phi) is 5.06. The smallest absolute Gasteiger partial charge is 0.330 e. The van der Waals surface area contributed by atoms with Gasteiger partial charge in [0, 0.05) is 17.7 Å². The lowest BCUT2D eigenvalue weighted by molar-refractivity contribution is -0.142. The zero-order valence-electron chi connectivity index (χ0n) is 12.8. The first kappa shape index (κ1) is 16.8. The van der Waals surface area contributed by atoms with E-state index in [2.05, 4.69) is 5.32 Å². The van der Waals surface area contributed by atoms with Gasteiger partial charge in [0.1, 0.15) is 5.75 Å². The summed E-state index contributed by atoms with van der Waals surface area (Å²) in [5.74, 6) is -0.603. The number of ether oxygens (including phenoxy) is 1. The SMILES string of the molecule is O=C(CCc1ccc(Cl)s1)NC(C(=O)O)c1ccc2c(c1)CCO2. The van der Waals surface area contributed by atoms with Crippen molar-refractivity contribution in [2.24, 2.45) is 0 Å². The minimum absolute atomic E-state index is 0.217. The van der Waals surface area contributed by atoms with Crippen LogP contribution in [0.25, 0.3) is 0 Å². The van der Waals surface area contributed by atoms with Gasteiger partial charge in [-0.15, -0.1) is 11.3 Å². The first-order chi connectivity index (χ1) is 11.5. The van der Waals surface area contributed by atoms with Crippen molar-refractivity contribution in [1.82, 2.24) is 5.32 Å². The molecule has 0 radical (unpaired) electrons. The second-order valence-corrected chi connectivity index (χ2v) is 7.31. The molecule has 1 aliphatic rings. The molecule has 3 rings (SSSR count). The molecule has 0 aliphatic carbocycles. The molecule has 0 saturated heterocycles. The Hall–Kier alpha value is -2.05. The van der Waals surface area contributed by atoms with Crippen molar-refractivity contribution in [3.05, 3.63) is 50.7 Å². The van der Waals surface area contributed by atoms with E-state index in [1.165, 1.54) is 11.3 Å². The van der Waals surface area contributed by atoms with Crippen molar-refractivity contribution in [1.29, 1.82) is 0 Å². The largest absolute Gasteiger partial charge is 0.493 e. The maximum absolute atomic E-state index is 12.1. The molecule has 0 spiro atoms. The Labute approximate surface area is 148 Å². The van der Waals surface area contributed by atoms with Crippen molar-refractivity contribution in [3.8, 4) is 5.75 Å². The molecule has 7 heteroatoms. The number of hydrogen-bond donors (Lipinski definition) is 2. The molecule has 1 aromatic carbocycles. The van der Waals surface area contributed by atoms with E-state index in [1.807, 2.05) is 6.07 Å². The van der Waals surface area contributed by atoms with Crippen LogP contribution in [-0.2, 0) is 22.4 Å². The zero-order chi connectivity index (χ0) is 17.1. The molecule has 24 heavy (non-hydrogen) atoms. The summed E-state index contributed by atoms with van der Waals surface area (Å²) < 4.78 is 6.10. The van der Waals surface area contributed by atoms with Crippen molar-refractivity contribution in [3.63, 3.8) is 0 Å². The number of nitrogens with one attached hydrogen (secondary N) is 1. The molecule has 1 aliphatic heterocycles. The molecule has 2 heterocycles. The predicted molar refractivity (Wildman–Crippen MR) is 91.8 cm³/mol. The van der Waals surface area contributed by atoms with Gasteiger partial charge >= 0.3 is 5.97 Å². The fraction of sp³-hybridized carbons (Fsp3) is 0.294. The number of amides is 1. The van der Waals surface area contributed by atoms with E-state index in [4.69, 9.17) is 16.3 Å². The van der Waals surface area contributed by atoms with Gasteiger partial charge < -0.3 is 15.2 Å². The number of thiophene rings is 1. The molecular weight excluding hydrogens is 350 g/mol. The summed E-state index contributed by atoms with van der Waals surface area (Å²) in [5.41, 5.74) is 1.53. The van der Waals surface area contributed by atoms with Gasteiger partial charge in [-0.3, -0.25) is 4.79 Å². The lowest BCUT2D eigenvalue weighted by Gasteiger charge is -2.15. The van der Waals surface area contributed by atoms with Gasteiger partial charge in [0.2, 0.25) is 5.91 Å². The number of halogens is 1. The highest BCUT2D eigenvalue weighted by Gasteiger charge is 2.24. The second kappa shape index (κ2) is 7.23. The lowest BCUT2D eigenvalue weighted by atomic mass is 10.0. The fourth-order valence-corrected chi connectivity index (χ4v) is 3.72. The normalized spacial score (nSPS) is 13.9. The van der Waals surface area contributed by atoms with Crippen LogP contribution in [0.2, 0.25) is 4.34 Å². The third kappa shape index (κ3) is 3.88. The highest BCUT2D eigenvalue weighted by Crippen LogP contribution is 2.28. The number of aliphatic carboxylic acids is 1. The topological polar surface area (TPSA) is 75.6 Å². The number of carboxylic acid groups (broad SMARTS) is 1. The molecule has 1 unspecified atom stereocenters. The Morgan fingerprint density at radius 2 is 2.17 bits per heavy atom. The molecule has 1 atom stereocenters. The summed E-state index contributed by atoms with van der Waals surface area (Å²) in [7, 11) is 0. The van der Waals surface area contributed by atoms with E-state index in [9.17, 15) is 14.7 Å². The van der Waals surface area contributed by atoms with E-state index in [1.54, 1.807) is 24.3 Å². The third-order valence-electron chi connectivity index (χ3n) is 3.83. The van der Waals surface area contributed by atoms with Crippen molar-refractivity contribution in [2.75, 3.05) is 6.61 Å². The number of carbonyl (C=O) groups is 2. The molecule has 0 bridgehead atoms. The van der Waals surface area contributed by atoms with Crippen molar-refractivity contribution < 1.29 is 19.4 Å². The van der Waals surface area contributed by atoms with Crippen LogP contribution in [0.15, 0.2) is 30.3 Å². The van der Waals surface area contributed by atoms with E-state index < -0.39 is 12.0 Å². The van der Waals surface area contributed by atoms with Gasteiger partial charge in [-0.25, -0.2) is 4.79 Å². The molecule has 126 valence electrons. The molecule has 0 saturated carbocycles. The Morgan fingerprint density at radius 1 is 1.33 bits per heavy atom. The first-order valence-corrected chi connectivity index (χ1v) is 8.74. The predicted octanol–water partition coefficient (Wildman–Crippen LogP) is 3.21. The van der Waals surface area contributed by atoms with Crippen LogP contribution in [0, 0.1) is 0 Å². The number of carboxylic acids is 1. The Morgan fingerprint density at radius 3 is 2.88 bits per heavy atom. The number of aryl methyl sites for hydroxylation is 1. The molecular formula is C17H16ClNO4S. The minimum atomic E-state index is -1.08. The standard InChI is InChI=1S/C17H16ClNO4S/c18-14-5-2-12(24-14)3-6-15(20)19-16(17(21)22)11-1-4-13-10(9-11)7-8-23-13/h1-2,4-5,9,16H,3,6-8H2,(H,19,20)(H,21,22). The molecule has 2 aromatic rings. The molecule has 1 aromatic heterocycles. The monoisotopic (exact) mass is 365 g/mol. The zero-order valence-corrected chi connectivity index (χ0v) is 14.3. The van der Waals surface area contributed by atoms with Gasteiger partial charge in [0.05, 0.1) is 10.9 Å². The minimum Gasteiger partial charge on any atom is -0.493 e. The Balaban J connectivity index is 1.65. The quantitative estimate of drug-likeness (QED) is 0.824. The highest BCUT2D eigenvalue weighted by atomic mass is 35.5. The van der Waals surface area contributed by atoms with Gasteiger partial charge in [-0.1, -0.05) is 17.7 Å². The van der Waals surface area contributed by atoms with Crippen LogP contribution >= 0.6 is 22.9 Å². The summed E-state index contributed by atoms with van der Waals surface area (Å²) in [6.45, 7) is 0.603. The number of hydrogen-bond acceptors (Lipinski definition) is 4. The third-order valence-corrected chi connectivity index (χ3v) is 5.12. The second-order valence-electron chi connectivity index (χ2n) is 5.51. The maximum atomic E-state index is 12.1. The van der Waals surface area contributed by atoms with E-state index in [0.29, 0.717) is 22.9 Å². The van der Waals surface area contributed by atoms with Crippen LogP contribution < -0.4 is 10.1 Å². The summed E-state index contributed by atoms with van der Waals surface area (Å²) in [6.07, 6.45) is 1.50. The summed E-state index contributed by atoms with van der Waals surface area (Å²) in [6, 6.07) is 7.83. The summed E-state index contributed by atoms with van der Waals surface area (Å²) >= 11 is 7.28. The number of rotatable bonds is 6. The average molecular weight is 366 g/mol. The Bertz CT molecular complexity index is 774. The van der Waals surface area contributed by atoms with Crippen molar-refractivity contribution >= 4 is 34.8 Å². The van der Waals surface area contributed by atoms with Crippen LogP contribution in [-0.4, -0.2) is 23.6 Å². The summed E-state index contributed by atoms with van der Waals surface area (Å²) in [4.78, 5) is 24.7. The lowest BCUT2D eigenvalue weighted by Crippen LogP contribution is -2.33. The summed E-state index contributed by atoms with van der Waals surface area (Å²) in [5, 5.41) is 12.0. The number of benzene rings is 1. The fourth-order valence-electron chi connectivity index (χ4n) is 2.63. The van der Waals surface area contributed by atoms with Crippen molar-refractivity contribution in [2.45, 2.75) is 25.3 Å². The van der Waals surface area contributed by atoms with Gasteiger partial charge in [-0.2, -0.15) is 0 Å². The van der Waals surface area contributed by atoms with E-state index in [-0.39, 0.29) is 12.3 Å². The first-order valence-electron chi connectivity index (χ1n) is 7.55. The molecule has 2 N–H and O–H groups in total. The average Bonchev–Trinajstić information content (AvgIpc) is 3.18. The van der Waals surface area contributed by atoms with Gasteiger partial charge in [-0.05, 0) is 41.8 Å². The highest BCUT2D eigenvalue weighted by molar-refractivity contribution is 7.16. The molecule has 1 amide bonds. The van der Waals surface area contributed by atoms with Crippen LogP contribution in [0.3, 0.4) is 0 Å². The van der Waals surface area contributed by atoms with E-state index >= 15 is 0 Å². The van der Waals surface area contributed by atoms with Gasteiger partial charge in [0.15, 0.2) is 6.04 Å². The van der Waals surface area contributed by atoms with Crippen LogP contribution in [0.4, 0.5) is 0 Å². The van der Waals surface area contributed by atoms with Crippen LogP contribution in [0.5, 0.6) is 5.75 Å². The van der Waals surface area contributed by atoms with Crippen LogP contribution in [0.1, 0.15) is 28.5 Å². The number of fused-ring (bicyclic) bond motifs is 1. The maximum Gasteiger partial charge on any atom is 0.330 e. The molecule has 5 nitrogen and oxygen atoms in total. The van der Waals surface area contributed by atoms with Gasteiger partial charge in [0.25, 0.3) is 0 Å². The molecule has 0 fully saturated rings. The van der Waals surface area contributed by atoms with E-state index in [0.717, 1.165) is 22.6 Å². The number of carbonyl (C=O) groups excluding carboxylic acids is 1.